The summed E-state index contributed by atoms with van der Waals surface area (Å²) in [7, 11) is 0. The van der Waals surface area contributed by atoms with E-state index in [4.69, 9.17) is 14.6 Å². The highest BCUT2D eigenvalue weighted by molar-refractivity contribution is 9.10. The zero-order chi connectivity index (χ0) is 14.2. The van der Waals surface area contributed by atoms with Gasteiger partial charge in [-0.15, -0.1) is 0 Å². The molecule has 0 saturated heterocycles. The van der Waals surface area contributed by atoms with Gasteiger partial charge in [-0.1, -0.05) is 15.9 Å². The maximum Gasteiger partial charge on any atom is 0.374 e. The van der Waals surface area contributed by atoms with Crippen molar-refractivity contribution in [3.63, 3.8) is 0 Å². The van der Waals surface area contributed by atoms with Crippen molar-refractivity contribution in [3.05, 3.63) is 39.9 Å². The SMILES string of the molecule is O=C(O)c1nc(-c2ccc(Br)cc2F)oc1C(=O)O. The van der Waals surface area contributed by atoms with Gasteiger partial charge in [0, 0.05) is 4.47 Å². The number of hydrogen-bond donors (Lipinski definition) is 2. The van der Waals surface area contributed by atoms with Crippen LogP contribution in [0.5, 0.6) is 0 Å². The van der Waals surface area contributed by atoms with E-state index >= 15 is 0 Å². The first-order chi connectivity index (χ1) is 8.90. The fraction of sp³-hybridized carbons (Fsp3) is 0. The fourth-order valence-electron chi connectivity index (χ4n) is 1.39. The summed E-state index contributed by atoms with van der Waals surface area (Å²) < 4.78 is 18.9. The number of carbonyl (C=O) groups is 2. The number of nitrogens with zero attached hydrogens (tertiary/aromatic N) is 1. The van der Waals surface area contributed by atoms with Crippen LogP contribution in [0.2, 0.25) is 0 Å². The second-order valence-corrected chi connectivity index (χ2v) is 4.35. The quantitative estimate of drug-likeness (QED) is 0.897. The molecule has 1 aromatic heterocycles. The average Bonchev–Trinajstić information content (AvgIpc) is 2.73. The van der Waals surface area contributed by atoms with Crippen LogP contribution in [0.3, 0.4) is 0 Å². The molecular formula is C11H5BrFNO5. The average molecular weight is 330 g/mol. The fourth-order valence-corrected chi connectivity index (χ4v) is 1.72. The Labute approximate surface area is 113 Å². The van der Waals surface area contributed by atoms with Crippen LogP contribution < -0.4 is 0 Å². The first-order valence-corrected chi connectivity index (χ1v) is 5.62. The minimum Gasteiger partial charge on any atom is -0.476 e. The van der Waals surface area contributed by atoms with E-state index in [1.54, 1.807) is 0 Å². The zero-order valence-corrected chi connectivity index (χ0v) is 10.6. The lowest BCUT2D eigenvalue weighted by Gasteiger charge is -1.98. The second kappa shape index (κ2) is 4.81. The first kappa shape index (κ1) is 13.2. The summed E-state index contributed by atoms with van der Waals surface area (Å²) in [5, 5.41) is 17.6. The van der Waals surface area contributed by atoms with E-state index in [-0.39, 0.29) is 5.56 Å². The number of halogens is 2. The number of aromatic nitrogens is 1. The van der Waals surface area contributed by atoms with Gasteiger partial charge in [0.15, 0.2) is 0 Å². The van der Waals surface area contributed by atoms with Crippen molar-refractivity contribution in [2.24, 2.45) is 0 Å². The minimum absolute atomic E-state index is 0.127. The van der Waals surface area contributed by atoms with E-state index in [0.29, 0.717) is 4.47 Å². The molecule has 0 aliphatic rings. The van der Waals surface area contributed by atoms with E-state index < -0.39 is 35.1 Å². The number of aromatic carboxylic acids is 2. The predicted molar refractivity (Wildman–Crippen MR) is 63.5 cm³/mol. The molecule has 2 aromatic rings. The Bertz CT molecular complexity index is 650. The van der Waals surface area contributed by atoms with Gasteiger partial charge >= 0.3 is 11.9 Å². The van der Waals surface area contributed by atoms with E-state index in [0.717, 1.165) is 6.07 Å². The molecule has 0 saturated carbocycles. The van der Waals surface area contributed by atoms with Crippen molar-refractivity contribution in [1.82, 2.24) is 4.98 Å². The Morgan fingerprint density at radius 3 is 2.42 bits per heavy atom. The predicted octanol–water partition coefficient (Wildman–Crippen LogP) is 2.64. The summed E-state index contributed by atoms with van der Waals surface area (Å²) in [5.74, 6) is -5.12. The highest BCUT2D eigenvalue weighted by atomic mass is 79.9. The van der Waals surface area contributed by atoms with E-state index in [9.17, 15) is 14.0 Å². The maximum absolute atomic E-state index is 13.7. The van der Waals surface area contributed by atoms with Crippen molar-refractivity contribution in [1.29, 1.82) is 0 Å². The van der Waals surface area contributed by atoms with Crippen LogP contribution in [0.1, 0.15) is 21.0 Å². The Morgan fingerprint density at radius 2 is 1.95 bits per heavy atom. The number of hydrogen-bond acceptors (Lipinski definition) is 4. The molecule has 0 radical (unpaired) electrons. The molecule has 0 bridgehead atoms. The maximum atomic E-state index is 13.7. The van der Waals surface area contributed by atoms with Crippen LogP contribution in [0.25, 0.3) is 11.5 Å². The van der Waals surface area contributed by atoms with Gasteiger partial charge in [-0.2, -0.15) is 0 Å². The third-order valence-corrected chi connectivity index (χ3v) is 2.68. The molecule has 1 heterocycles. The third kappa shape index (κ3) is 2.48. The molecule has 0 unspecified atom stereocenters. The molecule has 2 rings (SSSR count). The topological polar surface area (TPSA) is 101 Å². The Balaban J connectivity index is 2.60. The van der Waals surface area contributed by atoms with Crippen molar-refractivity contribution in [3.8, 4) is 11.5 Å². The number of carboxylic acid groups (broad SMARTS) is 2. The lowest BCUT2D eigenvalue weighted by Crippen LogP contribution is -2.05. The minimum atomic E-state index is -1.59. The Hall–Kier alpha value is -2.22. The molecule has 0 fully saturated rings. The highest BCUT2D eigenvalue weighted by Crippen LogP contribution is 2.27. The van der Waals surface area contributed by atoms with Crippen molar-refractivity contribution < 1.29 is 28.6 Å². The summed E-state index contributed by atoms with van der Waals surface area (Å²) >= 11 is 3.06. The van der Waals surface area contributed by atoms with Gasteiger partial charge in [0.2, 0.25) is 17.3 Å². The normalized spacial score (nSPS) is 10.4. The molecule has 1 aromatic carbocycles. The zero-order valence-electron chi connectivity index (χ0n) is 9.05. The van der Waals surface area contributed by atoms with Crippen molar-refractivity contribution in [2.45, 2.75) is 0 Å². The molecule has 8 heteroatoms. The molecule has 0 atom stereocenters. The number of benzene rings is 1. The lowest BCUT2D eigenvalue weighted by atomic mass is 10.2. The largest absolute Gasteiger partial charge is 0.476 e. The number of carboxylic acids is 2. The smallest absolute Gasteiger partial charge is 0.374 e. The molecule has 98 valence electrons. The van der Waals surface area contributed by atoms with E-state index in [1.165, 1.54) is 12.1 Å². The van der Waals surface area contributed by atoms with Crippen LogP contribution in [0, 0.1) is 5.82 Å². The van der Waals surface area contributed by atoms with Gasteiger partial charge in [0.1, 0.15) is 5.82 Å². The number of oxazole rings is 1. The summed E-state index contributed by atoms with van der Waals surface area (Å²) in [6.45, 7) is 0. The molecule has 0 spiro atoms. The van der Waals surface area contributed by atoms with Crippen LogP contribution >= 0.6 is 15.9 Å². The van der Waals surface area contributed by atoms with Gasteiger partial charge in [0.05, 0.1) is 5.56 Å². The highest BCUT2D eigenvalue weighted by Gasteiger charge is 2.26. The van der Waals surface area contributed by atoms with Crippen molar-refractivity contribution >= 4 is 27.9 Å². The summed E-state index contributed by atoms with van der Waals surface area (Å²) in [5.41, 5.74) is -0.900. The molecule has 6 nitrogen and oxygen atoms in total. The second-order valence-electron chi connectivity index (χ2n) is 3.43. The molecular weight excluding hydrogens is 325 g/mol. The first-order valence-electron chi connectivity index (χ1n) is 4.83. The Morgan fingerprint density at radius 1 is 1.26 bits per heavy atom. The Kier molecular flexibility index (Phi) is 3.34. The summed E-state index contributed by atoms with van der Waals surface area (Å²) in [6, 6.07) is 3.91. The van der Waals surface area contributed by atoms with Gasteiger partial charge in [-0.25, -0.2) is 19.0 Å². The van der Waals surface area contributed by atoms with E-state index in [2.05, 4.69) is 20.9 Å². The summed E-state index contributed by atoms with van der Waals surface area (Å²) in [4.78, 5) is 25.1. The third-order valence-electron chi connectivity index (χ3n) is 2.19. The summed E-state index contributed by atoms with van der Waals surface area (Å²) in [6.07, 6.45) is 0. The van der Waals surface area contributed by atoms with Gasteiger partial charge in [0.25, 0.3) is 0 Å². The van der Waals surface area contributed by atoms with Crippen LogP contribution in [-0.4, -0.2) is 27.1 Å². The van der Waals surface area contributed by atoms with Crippen LogP contribution in [-0.2, 0) is 0 Å². The molecule has 0 amide bonds. The standard InChI is InChI=1S/C11H5BrFNO5/c12-4-1-2-5(6(13)3-4)9-14-7(10(15)16)8(19-9)11(17)18/h1-3H,(H,15,16)(H,17,18). The van der Waals surface area contributed by atoms with Crippen LogP contribution in [0.15, 0.2) is 27.1 Å². The molecule has 2 N–H and O–H groups in total. The lowest BCUT2D eigenvalue weighted by molar-refractivity contribution is 0.0624. The van der Waals surface area contributed by atoms with Gasteiger partial charge in [-0.05, 0) is 18.2 Å². The molecule has 19 heavy (non-hydrogen) atoms. The van der Waals surface area contributed by atoms with Gasteiger partial charge in [-0.3, -0.25) is 0 Å². The van der Waals surface area contributed by atoms with Crippen LogP contribution in [0.4, 0.5) is 4.39 Å². The van der Waals surface area contributed by atoms with Gasteiger partial charge < -0.3 is 14.6 Å². The number of rotatable bonds is 3. The molecule has 0 aliphatic carbocycles. The van der Waals surface area contributed by atoms with E-state index in [1.807, 2.05) is 0 Å². The molecule has 0 aliphatic heterocycles. The van der Waals surface area contributed by atoms with Crippen molar-refractivity contribution in [2.75, 3.05) is 0 Å². The monoisotopic (exact) mass is 329 g/mol.